The van der Waals surface area contributed by atoms with Crippen LogP contribution in [0.3, 0.4) is 0 Å². The Morgan fingerprint density at radius 3 is 2.46 bits per heavy atom. The smallest absolute Gasteiger partial charge is 0.256 e. The van der Waals surface area contributed by atoms with Crippen LogP contribution in [-0.4, -0.2) is 18.0 Å². The van der Waals surface area contributed by atoms with Gasteiger partial charge >= 0.3 is 4.87 Å². The van der Waals surface area contributed by atoms with Crippen LogP contribution in [0.5, 0.6) is 0 Å². The van der Waals surface area contributed by atoms with Crippen molar-refractivity contribution < 1.29 is 17.2 Å². The van der Waals surface area contributed by atoms with E-state index in [2.05, 4.69) is 4.98 Å². The van der Waals surface area contributed by atoms with Gasteiger partial charge in [-0.25, -0.2) is 31.9 Å². The van der Waals surface area contributed by atoms with Crippen LogP contribution >= 0.6 is 22.7 Å². The summed E-state index contributed by atoms with van der Waals surface area (Å²) in [5, 5.41) is 8.51. The van der Waals surface area contributed by atoms with Crippen LogP contribution in [0.15, 0.2) is 32.6 Å². The minimum atomic E-state index is -4.40. The second kappa shape index (κ2) is 5.84. The zero-order valence-electron chi connectivity index (χ0n) is 12.0. The van der Waals surface area contributed by atoms with Gasteiger partial charge in [0.2, 0.25) is 10.0 Å². The summed E-state index contributed by atoms with van der Waals surface area (Å²) >= 11 is 2.09. The summed E-state index contributed by atoms with van der Waals surface area (Å²) in [6.07, 6.45) is 0. The molecule has 0 saturated carbocycles. The predicted molar refractivity (Wildman–Crippen MR) is 87.1 cm³/mol. The number of thiazole rings is 2. The molecule has 0 atom stereocenters. The van der Waals surface area contributed by atoms with Crippen LogP contribution in [0.1, 0.15) is 5.01 Å². The maximum Gasteiger partial charge on any atom is 0.313 e. The summed E-state index contributed by atoms with van der Waals surface area (Å²) in [6.45, 7) is 1.74. The first kappa shape index (κ1) is 16.9. The van der Waals surface area contributed by atoms with Crippen LogP contribution in [-0.2, 0) is 10.0 Å². The number of rotatable bonds is 3. The van der Waals surface area contributed by atoms with Gasteiger partial charge in [-0.1, -0.05) is 11.3 Å². The fourth-order valence-electron chi connectivity index (χ4n) is 2.11. The van der Waals surface area contributed by atoms with Crippen molar-refractivity contribution in [3.8, 4) is 17.1 Å². The summed E-state index contributed by atoms with van der Waals surface area (Å²) in [4.78, 5) is 14.9. The summed E-state index contributed by atoms with van der Waals surface area (Å²) in [5.41, 5.74) is -0.184. The molecule has 1 aromatic carbocycles. The van der Waals surface area contributed by atoms with Crippen molar-refractivity contribution in [2.75, 3.05) is 0 Å². The van der Waals surface area contributed by atoms with E-state index in [-0.39, 0.29) is 17.1 Å². The molecule has 3 aromatic rings. The highest BCUT2D eigenvalue weighted by Gasteiger charge is 2.22. The number of aryl methyl sites for hydroxylation is 1. The van der Waals surface area contributed by atoms with Gasteiger partial charge in [-0.3, -0.25) is 4.79 Å². The number of nitrogens with two attached hydrogens (primary N) is 1. The van der Waals surface area contributed by atoms with Gasteiger partial charge in [0.15, 0.2) is 5.82 Å². The molecule has 3 rings (SSSR count). The number of halogens is 2. The average Bonchev–Trinajstić information content (AvgIpc) is 3.05. The van der Waals surface area contributed by atoms with Crippen molar-refractivity contribution in [3.63, 3.8) is 0 Å². The SMILES string of the molecule is Cc1nc(-n2c(-c3cc(F)c(S(N)(=O)=O)cc3F)csc2=O)cs1. The molecule has 0 bridgehead atoms. The number of hydrogen-bond acceptors (Lipinski definition) is 6. The molecular formula is C13H9F2N3O3S3. The Labute approximate surface area is 142 Å². The van der Waals surface area contributed by atoms with E-state index in [1.807, 2.05) is 0 Å². The van der Waals surface area contributed by atoms with Gasteiger partial charge in [-0.05, 0) is 19.1 Å². The fraction of sp³-hybridized carbons (Fsp3) is 0.0769. The van der Waals surface area contributed by atoms with Crippen LogP contribution in [0, 0.1) is 18.6 Å². The fourth-order valence-corrected chi connectivity index (χ4v) is 4.03. The number of hydrogen-bond donors (Lipinski definition) is 1. The van der Waals surface area contributed by atoms with E-state index in [4.69, 9.17) is 5.14 Å². The highest BCUT2D eigenvalue weighted by atomic mass is 32.2. The number of nitrogens with zero attached hydrogens (tertiary/aromatic N) is 2. The molecule has 126 valence electrons. The van der Waals surface area contributed by atoms with E-state index in [9.17, 15) is 22.0 Å². The first-order valence-corrected chi connectivity index (χ1v) is 9.64. The highest BCUT2D eigenvalue weighted by Crippen LogP contribution is 2.29. The summed E-state index contributed by atoms with van der Waals surface area (Å²) in [5.74, 6) is -1.93. The molecule has 0 unspecified atom stereocenters. The zero-order valence-corrected chi connectivity index (χ0v) is 14.4. The first-order chi connectivity index (χ1) is 11.2. The average molecular weight is 389 g/mol. The molecule has 0 aliphatic rings. The Kier molecular flexibility index (Phi) is 4.11. The Hall–Kier alpha value is -1.95. The second-order valence-electron chi connectivity index (χ2n) is 4.75. The van der Waals surface area contributed by atoms with E-state index in [0.717, 1.165) is 15.9 Å². The molecule has 0 fully saturated rings. The van der Waals surface area contributed by atoms with Crippen molar-refractivity contribution in [1.82, 2.24) is 9.55 Å². The summed E-state index contributed by atoms with van der Waals surface area (Å²) < 4.78 is 52.0. The largest absolute Gasteiger partial charge is 0.313 e. The predicted octanol–water partition coefficient (Wildman–Crippen LogP) is 2.26. The molecule has 2 heterocycles. The maximum absolute atomic E-state index is 14.3. The van der Waals surface area contributed by atoms with Crippen LogP contribution < -0.4 is 10.0 Å². The molecule has 0 amide bonds. The Bertz CT molecular complexity index is 1100. The van der Waals surface area contributed by atoms with Gasteiger partial charge in [0.1, 0.15) is 16.5 Å². The van der Waals surface area contributed by atoms with Crippen molar-refractivity contribution in [2.45, 2.75) is 11.8 Å². The number of benzene rings is 1. The third-order valence-electron chi connectivity index (χ3n) is 3.13. The van der Waals surface area contributed by atoms with Crippen molar-refractivity contribution in [2.24, 2.45) is 5.14 Å². The Morgan fingerprint density at radius 2 is 1.88 bits per heavy atom. The molecule has 11 heteroatoms. The molecule has 0 aliphatic heterocycles. The molecule has 0 saturated heterocycles. The molecule has 0 aliphatic carbocycles. The molecule has 2 aromatic heterocycles. The molecule has 0 spiro atoms. The number of aromatic nitrogens is 2. The molecule has 6 nitrogen and oxygen atoms in total. The molecule has 2 N–H and O–H groups in total. The van der Waals surface area contributed by atoms with Crippen LogP contribution in [0.25, 0.3) is 17.1 Å². The maximum atomic E-state index is 14.3. The van der Waals surface area contributed by atoms with Crippen LogP contribution in [0.2, 0.25) is 0 Å². The normalized spacial score (nSPS) is 11.8. The second-order valence-corrected chi connectivity index (χ2v) is 8.17. The van der Waals surface area contributed by atoms with Crippen LogP contribution in [0.4, 0.5) is 8.78 Å². The van der Waals surface area contributed by atoms with E-state index < -0.39 is 31.4 Å². The first-order valence-electron chi connectivity index (χ1n) is 6.33. The van der Waals surface area contributed by atoms with Gasteiger partial charge in [0, 0.05) is 16.3 Å². The van der Waals surface area contributed by atoms with Gasteiger partial charge in [0.05, 0.1) is 10.7 Å². The minimum Gasteiger partial charge on any atom is -0.256 e. The van der Waals surface area contributed by atoms with E-state index in [1.54, 1.807) is 12.3 Å². The van der Waals surface area contributed by atoms with Crippen molar-refractivity contribution in [1.29, 1.82) is 0 Å². The molecule has 24 heavy (non-hydrogen) atoms. The third-order valence-corrected chi connectivity index (χ3v) is 5.55. The van der Waals surface area contributed by atoms with Gasteiger partial charge < -0.3 is 0 Å². The topological polar surface area (TPSA) is 95.1 Å². The van der Waals surface area contributed by atoms with Gasteiger partial charge in [0.25, 0.3) is 0 Å². The van der Waals surface area contributed by atoms with E-state index in [1.165, 1.54) is 16.7 Å². The van der Waals surface area contributed by atoms with E-state index in [0.29, 0.717) is 17.1 Å². The molecule has 0 radical (unpaired) electrons. The lowest BCUT2D eigenvalue weighted by atomic mass is 10.1. The lowest BCUT2D eigenvalue weighted by molar-refractivity contribution is 0.555. The van der Waals surface area contributed by atoms with Crippen molar-refractivity contribution in [3.05, 3.63) is 49.2 Å². The zero-order chi connectivity index (χ0) is 17.6. The Balaban J connectivity index is 2.25. The lowest BCUT2D eigenvalue weighted by Crippen LogP contribution is -2.16. The monoisotopic (exact) mass is 389 g/mol. The number of primary sulfonamides is 1. The molecular weight excluding hydrogens is 380 g/mol. The Morgan fingerprint density at radius 1 is 1.17 bits per heavy atom. The van der Waals surface area contributed by atoms with Gasteiger partial charge in [-0.15, -0.1) is 11.3 Å². The quantitative estimate of drug-likeness (QED) is 0.743. The highest BCUT2D eigenvalue weighted by molar-refractivity contribution is 7.89. The third kappa shape index (κ3) is 2.90. The van der Waals surface area contributed by atoms with E-state index >= 15 is 0 Å². The van der Waals surface area contributed by atoms with Gasteiger partial charge in [-0.2, -0.15) is 0 Å². The summed E-state index contributed by atoms with van der Waals surface area (Å²) in [6, 6.07) is 1.20. The number of sulfonamides is 1. The van der Waals surface area contributed by atoms with Crippen molar-refractivity contribution >= 4 is 32.7 Å². The lowest BCUT2D eigenvalue weighted by Gasteiger charge is -2.08. The minimum absolute atomic E-state index is 0.0765. The summed E-state index contributed by atoms with van der Waals surface area (Å²) in [7, 11) is -4.40. The standard InChI is InChI=1S/C13H9F2N3O3S3/c1-6-17-12(5-22-6)18-10(4-23-13(18)19)7-2-9(15)11(3-8(7)14)24(16,20)21/h2-5H,1H3,(H2,16,20,21).